The molecule has 0 radical (unpaired) electrons. The molecule has 0 saturated carbocycles. The molecule has 30 heavy (non-hydrogen) atoms. The first-order valence-electron chi connectivity index (χ1n) is 9.95. The summed E-state index contributed by atoms with van der Waals surface area (Å²) in [7, 11) is 0. The quantitative estimate of drug-likeness (QED) is 0.575. The van der Waals surface area contributed by atoms with Crippen molar-refractivity contribution in [3.05, 3.63) is 95.6 Å². The lowest BCUT2D eigenvalue weighted by Gasteiger charge is -2.22. The van der Waals surface area contributed by atoms with E-state index in [4.69, 9.17) is 9.47 Å². The topological polar surface area (TPSA) is 55.8 Å². The molecule has 1 aliphatic rings. The lowest BCUT2D eigenvalue weighted by atomic mass is 10.1. The van der Waals surface area contributed by atoms with Crippen LogP contribution < -0.4 is 9.64 Å². The Morgan fingerprint density at radius 1 is 0.933 bits per heavy atom. The highest BCUT2D eigenvalue weighted by atomic mass is 16.5. The van der Waals surface area contributed by atoms with Crippen LogP contribution in [0.3, 0.4) is 0 Å². The fourth-order valence-electron chi connectivity index (χ4n) is 3.65. The molecule has 152 valence electrons. The van der Waals surface area contributed by atoms with E-state index in [-0.39, 0.29) is 18.6 Å². The Morgan fingerprint density at radius 2 is 1.63 bits per heavy atom. The van der Waals surface area contributed by atoms with Crippen LogP contribution in [0.5, 0.6) is 5.75 Å². The zero-order chi connectivity index (χ0) is 20.9. The van der Waals surface area contributed by atoms with E-state index in [1.807, 2.05) is 61.5 Å². The number of carbonyl (C=O) groups is 2. The van der Waals surface area contributed by atoms with Crippen LogP contribution in [0, 0.1) is 0 Å². The van der Waals surface area contributed by atoms with Gasteiger partial charge in [0.15, 0.2) is 6.61 Å². The lowest BCUT2D eigenvalue weighted by Crippen LogP contribution is -2.38. The molecule has 3 aromatic rings. The number of anilines is 1. The molecule has 3 aromatic carbocycles. The van der Waals surface area contributed by atoms with Gasteiger partial charge in [0.1, 0.15) is 12.4 Å². The average Bonchev–Trinajstić information content (AvgIpc) is 3.12. The lowest BCUT2D eigenvalue weighted by molar-refractivity contribution is -0.122. The molecule has 0 bridgehead atoms. The Hall–Kier alpha value is -3.60. The SMILES string of the molecule is C[C@@H]1Cc2ccccc2N1C(=O)COC(=O)c1ccc(OCc2ccccc2)cc1. The zero-order valence-electron chi connectivity index (χ0n) is 16.8. The maximum absolute atomic E-state index is 12.7. The van der Waals surface area contributed by atoms with Crippen molar-refractivity contribution in [1.29, 1.82) is 0 Å². The van der Waals surface area contributed by atoms with Crippen molar-refractivity contribution in [2.45, 2.75) is 26.0 Å². The van der Waals surface area contributed by atoms with Crippen molar-refractivity contribution in [1.82, 2.24) is 0 Å². The van der Waals surface area contributed by atoms with Crippen molar-refractivity contribution in [2.75, 3.05) is 11.5 Å². The number of hydrogen-bond acceptors (Lipinski definition) is 4. The van der Waals surface area contributed by atoms with Gasteiger partial charge in [-0.15, -0.1) is 0 Å². The summed E-state index contributed by atoms with van der Waals surface area (Å²) < 4.78 is 11.0. The Bertz CT molecular complexity index is 1030. The second kappa shape index (κ2) is 8.82. The third-order valence-corrected chi connectivity index (χ3v) is 5.14. The minimum Gasteiger partial charge on any atom is -0.489 e. The number of fused-ring (bicyclic) bond motifs is 1. The molecule has 5 nitrogen and oxygen atoms in total. The molecule has 1 atom stereocenters. The normalized spacial score (nSPS) is 14.8. The molecule has 4 rings (SSSR count). The second-order valence-electron chi connectivity index (χ2n) is 7.32. The van der Waals surface area contributed by atoms with Crippen molar-refractivity contribution in [3.8, 4) is 5.75 Å². The number of benzene rings is 3. The summed E-state index contributed by atoms with van der Waals surface area (Å²) in [5.41, 5.74) is 3.48. The number of rotatable bonds is 6. The van der Waals surface area contributed by atoms with E-state index in [1.54, 1.807) is 29.2 Å². The standard InChI is InChI=1S/C25H23NO4/c1-18-15-21-9-5-6-10-23(21)26(18)24(27)17-30-25(28)20-11-13-22(14-12-20)29-16-19-7-3-2-4-8-19/h2-14,18H,15-17H2,1H3/t18-/m1/s1. The number of ether oxygens (including phenoxy) is 2. The van der Waals surface area contributed by atoms with Crippen molar-refractivity contribution >= 4 is 17.6 Å². The molecule has 1 amide bonds. The van der Waals surface area contributed by atoms with Gasteiger partial charge < -0.3 is 14.4 Å². The molecule has 5 heteroatoms. The minimum absolute atomic E-state index is 0.0506. The number of nitrogens with zero attached hydrogens (tertiary/aromatic N) is 1. The number of amides is 1. The van der Waals surface area contributed by atoms with E-state index in [1.165, 1.54) is 0 Å². The molecule has 1 aliphatic heterocycles. The van der Waals surface area contributed by atoms with Gasteiger partial charge >= 0.3 is 5.97 Å². The summed E-state index contributed by atoms with van der Waals surface area (Å²) in [5, 5.41) is 0. The predicted molar refractivity (Wildman–Crippen MR) is 115 cm³/mol. The van der Waals surface area contributed by atoms with Gasteiger partial charge in [0, 0.05) is 11.7 Å². The van der Waals surface area contributed by atoms with Crippen LogP contribution in [0.4, 0.5) is 5.69 Å². The molecular formula is C25H23NO4. The third-order valence-electron chi connectivity index (χ3n) is 5.14. The molecule has 0 aromatic heterocycles. The van der Waals surface area contributed by atoms with Crippen LogP contribution in [0.1, 0.15) is 28.4 Å². The summed E-state index contributed by atoms with van der Waals surface area (Å²) in [6.07, 6.45) is 0.806. The van der Waals surface area contributed by atoms with Gasteiger partial charge in [-0.1, -0.05) is 48.5 Å². The van der Waals surface area contributed by atoms with Crippen LogP contribution in [-0.2, 0) is 22.6 Å². The average molecular weight is 401 g/mol. The van der Waals surface area contributed by atoms with E-state index < -0.39 is 5.97 Å². The van der Waals surface area contributed by atoms with Crippen molar-refractivity contribution < 1.29 is 19.1 Å². The first-order chi connectivity index (χ1) is 14.6. The predicted octanol–water partition coefficient (Wildman–Crippen LogP) is 4.40. The van der Waals surface area contributed by atoms with E-state index in [2.05, 4.69) is 0 Å². The molecule has 0 fully saturated rings. The number of esters is 1. The van der Waals surface area contributed by atoms with Gasteiger partial charge in [0.2, 0.25) is 0 Å². The van der Waals surface area contributed by atoms with Crippen LogP contribution in [-0.4, -0.2) is 24.5 Å². The first kappa shape index (κ1) is 19.7. The van der Waals surface area contributed by atoms with Crippen LogP contribution in [0.25, 0.3) is 0 Å². The van der Waals surface area contributed by atoms with E-state index in [0.717, 1.165) is 23.2 Å². The van der Waals surface area contributed by atoms with Crippen LogP contribution in [0.15, 0.2) is 78.9 Å². The summed E-state index contributed by atoms with van der Waals surface area (Å²) in [5.74, 6) is -0.0873. The first-order valence-corrected chi connectivity index (χ1v) is 9.95. The molecule has 0 spiro atoms. The molecular weight excluding hydrogens is 378 g/mol. The highest BCUT2D eigenvalue weighted by molar-refractivity contribution is 5.99. The van der Waals surface area contributed by atoms with Gasteiger partial charge in [-0.25, -0.2) is 4.79 Å². The third kappa shape index (κ3) is 4.35. The van der Waals surface area contributed by atoms with E-state index >= 15 is 0 Å². The maximum atomic E-state index is 12.7. The summed E-state index contributed by atoms with van der Waals surface area (Å²) in [6.45, 7) is 2.16. The van der Waals surface area contributed by atoms with Gasteiger partial charge in [0.05, 0.1) is 5.56 Å². The molecule has 1 heterocycles. The number of para-hydroxylation sites is 1. The van der Waals surface area contributed by atoms with Crippen LogP contribution >= 0.6 is 0 Å². The molecule has 0 aliphatic carbocycles. The van der Waals surface area contributed by atoms with E-state index in [9.17, 15) is 9.59 Å². The Labute approximate surface area is 175 Å². The number of hydrogen-bond donors (Lipinski definition) is 0. The Morgan fingerprint density at radius 3 is 2.40 bits per heavy atom. The van der Waals surface area contributed by atoms with Crippen molar-refractivity contribution in [2.24, 2.45) is 0 Å². The monoisotopic (exact) mass is 401 g/mol. The smallest absolute Gasteiger partial charge is 0.338 e. The fourth-order valence-corrected chi connectivity index (χ4v) is 3.65. The summed E-state index contributed by atoms with van der Waals surface area (Å²) in [4.78, 5) is 26.7. The second-order valence-corrected chi connectivity index (χ2v) is 7.32. The van der Waals surface area contributed by atoms with Gasteiger partial charge in [-0.3, -0.25) is 4.79 Å². The summed E-state index contributed by atoms with van der Waals surface area (Å²) in [6, 6.07) is 24.4. The number of carbonyl (C=O) groups excluding carboxylic acids is 2. The fraction of sp³-hybridized carbons (Fsp3) is 0.200. The minimum atomic E-state index is -0.530. The van der Waals surface area contributed by atoms with Crippen LogP contribution in [0.2, 0.25) is 0 Å². The highest BCUT2D eigenvalue weighted by Crippen LogP contribution is 2.31. The van der Waals surface area contributed by atoms with Gasteiger partial charge in [0.25, 0.3) is 5.91 Å². The van der Waals surface area contributed by atoms with Gasteiger partial charge in [-0.2, -0.15) is 0 Å². The maximum Gasteiger partial charge on any atom is 0.338 e. The van der Waals surface area contributed by atoms with Gasteiger partial charge in [-0.05, 0) is 54.8 Å². The molecule has 0 saturated heterocycles. The Balaban J connectivity index is 1.31. The molecule has 0 N–H and O–H groups in total. The molecule has 0 unspecified atom stereocenters. The van der Waals surface area contributed by atoms with Crippen molar-refractivity contribution in [3.63, 3.8) is 0 Å². The Kier molecular flexibility index (Phi) is 5.80. The largest absolute Gasteiger partial charge is 0.489 e. The van der Waals surface area contributed by atoms with E-state index in [0.29, 0.717) is 17.9 Å². The summed E-state index contributed by atoms with van der Waals surface area (Å²) >= 11 is 0. The highest BCUT2D eigenvalue weighted by Gasteiger charge is 2.31. The zero-order valence-corrected chi connectivity index (χ0v) is 16.8.